The van der Waals surface area contributed by atoms with Crippen molar-refractivity contribution in [1.82, 2.24) is 0 Å². The van der Waals surface area contributed by atoms with Crippen LogP contribution in [-0.4, -0.2) is 25.1 Å². The maximum Gasteiger partial charge on any atom is 0.416 e. The fourth-order valence-electron chi connectivity index (χ4n) is 1.62. The number of carbonyl (C=O) groups excluding carboxylic acids is 1. The Morgan fingerprint density at radius 3 is 2.48 bits per heavy atom. The zero-order valence-electron chi connectivity index (χ0n) is 11.4. The molecule has 0 unspecified atom stereocenters. The molecule has 0 spiro atoms. The van der Waals surface area contributed by atoms with E-state index in [0.29, 0.717) is 30.5 Å². The van der Waals surface area contributed by atoms with Gasteiger partial charge in [-0.2, -0.15) is 13.2 Å². The number of hydrogen-bond donors (Lipinski definition) is 1. The number of oxime groups is 1. The minimum Gasteiger partial charge on any atom is -0.394 e. The van der Waals surface area contributed by atoms with Gasteiger partial charge in [-0.05, 0) is 30.5 Å². The van der Waals surface area contributed by atoms with Gasteiger partial charge in [-0.1, -0.05) is 17.3 Å². The molecule has 7 heteroatoms. The number of carbonyl (C=O) groups is 1. The molecular formula is C14H17F3N2O2. The van der Waals surface area contributed by atoms with Crippen LogP contribution in [0.15, 0.2) is 29.4 Å². The van der Waals surface area contributed by atoms with Crippen molar-refractivity contribution in [2.75, 3.05) is 13.2 Å². The third-order valence-corrected chi connectivity index (χ3v) is 2.66. The van der Waals surface area contributed by atoms with Crippen molar-refractivity contribution in [3.63, 3.8) is 0 Å². The molecule has 0 aliphatic heterocycles. The van der Waals surface area contributed by atoms with Gasteiger partial charge in [0.1, 0.15) is 12.9 Å². The van der Waals surface area contributed by atoms with Gasteiger partial charge in [-0.15, -0.1) is 0 Å². The van der Waals surface area contributed by atoms with E-state index in [0.717, 1.165) is 18.4 Å². The molecule has 1 aromatic carbocycles. The van der Waals surface area contributed by atoms with Crippen LogP contribution >= 0.6 is 0 Å². The summed E-state index contributed by atoms with van der Waals surface area (Å²) in [6.45, 7) is 0.510. The number of alkyl halides is 3. The van der Waals surface area contributed by atoms with Crippen LogP contribution in [0.4, 0.5) is 13.2 Å². The standard InChI is InChI=1S/C14H17F3N2O2/c15-14(16,17)12-6-4-11(5-7-12)13(3-1-2-9-20)19-21-10-8-18/h4-7,9H,1-3,8,10,18H2/b19-13+. The lowest BCUT2D eigenvalue weighted by atomic mass is 10.0. The number of hydrogen-bond acceptors (Lipinski definition) is 4. The van der Waals surface area contributed by atoms with Gasteiger partial charge in [0.15, 0.2) is 0 Å². The minimum absolute atomic E-state index is 0.220. The summed E-state index contributed by atoms with van der Waals surface area (Å²) in [4.78, 5) is 15.3. The Kier molecular flexibility index (Phi) is 6.87. The number of nitrogens with zero attached hydrogens (tertiary/aromatic N) is 1. The third kappa shape index (κ3) is 5.95. The third-order valence-electron chi connectivity index (χ3n) is 2.66. The Bertz CT molecular complexity index is 470. The van der Waals surface area contributed by atoms with E-state index in [-0.39, 0.29) is 13.2 Å². The van der Waals surface area contributed by atoms with Gasteiger partial charge in [0.25, 0.3) is 0 Å². The lowest BCUT2D eigenvalue weighted by Crippen LogP contribution is -2.09. The normalized spacial score (nSPS) is 12.3. The second-order valence-corrected chi connectivity index (χ2v) is 4.29. The van der Waals surface area contributed by atoms with Crippen LogP contribution in [-0.2, 0) is 15.8 Å². The maximum absolute atomic E-state index is 12.5. The Balaban J connectivity index is 2.86. The van der Waals surface area contributed by atoms with Crippen LogP contribution in [0.1, 0.15) is 30.4 Å². The zero-order chi connectivity index (χ0) is 15.7. The van der Waals surface area contributed by atoms with Crippen molar-refractivity contribution in [1.29, 1.82) is 0 Å². The summed E-state index contributed by atoms with van der Waals surface area (Å²) in [5.41, 5.74) is 5.59. The van der Waals surface area contributed by atoms with E-state index in [1.54, 1.807) is 0 Å². The predicted molar refractivity (Wildman–Crippen MR) is 72.9 cm³/mol. The second-order valence-electron chi connectivity index (χ2n) is 4.29. The molecule has 0 heterocycles. The molecule has 0 bridgehead atoms. The SMILES string of the molecule is NCCO/N=C(\CCCC=O)c1ccc(C(F)(F)F)cc1. The highest BCUT2D eigenvalue weighted by atomic mass is 19.4. The van der Waals surface area contributed by atoms with Crippen molar-refractivity contribution < 1.29 is 22.8 Å². The molecule has 2 N–H and O–H groups in total. The topological polar surface area (TPSA) is 64.7 Å². The molecule has 0 aromatic heterocycles. The van der Waals surface area contributed by atoms with Crippen LogP contribution in [0.2, 0.25) is 0 Å². The Hall–Kier alpha value is -1.89. The fraction of sp³-hybridized carbons (Fsp3) is 0.429. The van der Waals surface area contributed by atoms with Gasteiger partial charge >= 0.3 is 6.18 Å². The van der Waals surface area contributed by atoms with Crippen LogP contribution in [0.25, 0.3) is 0 Å². The van der Waals surface area contributed by atoms with Crippen molar-refractivity contribution in [3.05, 3.63) is 35.4 Å². The van der Waals surface area contributed by atoms with E-state index in [4.69, 9.17) is 10.6 Å². The maximum atomic E-state index is 12.5. The molecule has 0 atom stereocenters. The average Bonchev–Trinajstić information content (AvgIpc) is 2.45. The molecule has 0 saturated heterocycles. The number of benzene rings is 1. The second kappa shape index (κ2) is 8.41. The first-order chi connectivity index (χ1) is 9.99. The fourth-order valence-corrected chi connectivity index (χ4v) is 1.62. The lowest BCUT2D eigenvalue weighted by Gasteiger charge is -2.09. The monoisotopic (exact) mass is 302 g/mol. The van der Waals surface area contributed by atoms with Gasteiger partial charge in [-0.25, -0.2) is 0 Å². The van der Waals surface area contributed by atoms with Crippen molar-refractivity contribution in [2.45, 2.75) is 25.4 Å². The largest absolute Gasteiger partial charge is 0.416 e. The van der Waals surface area contributed by atoms with Crippen molar-refractivity contribution in [2.24, 2.45) is 10.9 Å². The number of aldehydes is 1. The molecular weight excluding hydrogens is 285 g/mol. The van der Waals surface area contributed by atoms with Crippen molar-refractivity contribution >= 4 is 12.0 Å². The Labute approximate surface area is 120 Å². The number of rotatable bonds is 8. The summed E-state index contributed by atoms with van der Waals surface area (Å²) < 4.78 is 37.5. The molecule has 4 nitrogen and oxygen atoms in total. The van der Waals surface area contributed by atoms with Gasteiger partial charge in [-0.3, -0.25) is 0 Å². The van der Waals surface area contributed by atoms with E-state index in [9.17, 15) is 18.0 Å². The Morgan fingerprint density at radius 2 is 1.95 bits per heavy atom. The van der Waals surface area contributed by atoms with Gasteiger partial charge in [0.05, 0.1) is 11.3 Å². The lowest BCUT2D eigenvalue weighted by molar-refractivity contribution is -0.137. The Morgan fingerprint density at radius 1 is 1.29 bits per heavy atom. The number of halogens is 3. The predicted octanol–water partition coefficient (Wildman–Crippen LogP) is 2.75. The van der Waals surface area contributed by atoms with Crippen LogP contribution < -0.4 is 5.73 Å². The van der Waals surface area contributed by atoms with Crippen LogP contribution in [0.5, 0.6) is 0 Å². The van der Waals surface area contributed by atoms with Crippen LogP contribution in [0, 0.1) is 0 Å². The van der Waals surface area contributed by atoms with E-state index in [1.807, 2.05) is 0 Å². The molecule has 116 valence electrons. The van der Waals surface area contributed by atoms with Gasteiger partial charge < -0.3 is 15.4 Å². The van der Waals surface area contributed by atoms with E-state index in [2.05, 4.69) is 5.16 Å². The molecule has 1 aromatic rings. The zero-order valence-corrected chi connectivity index (χ0v) is 11.4. The first-order valence-corrected chi connectivity index (χ1v) is 6.49. The smallest absolute Gasteiger partial charge is 0.394 e. The highest BCUT2D eigenvalue weighted by Gasteiger charge is 2.30. The minimum atomic E-state index is -4.37. The van der Waals surface area contributed by atoms with Crippen LogP contribution in [0.3, 0.4) is 0 Å². The summed E-state index contributed by atoms with van der Waals surface area (Å²) in [5, 5.41) is 3.89. The molecule has 0 radical (unpaired) electrons. The summed E-state index contributed by atoms with van der Waals surface area (Å²) >= 11 is 0. The summed E-state index contributed by atoms with van der Waals surface area (Å²) in [5.74, 6) is 0. The summed E-state index contributed by atoms with van der Waals surface area (Å²) in [7, 11) is 0. The highest BCUT2D eigenvalue weighted by Crippen LogP contribution is 2.29. The van der Waals surface area contributed by atoms with Crippen molar-refractivity contribution in [3.8, 4) is 0 Å². The first-order valence-electron chi connectivity index (χ1n) is 6.49. The number of unbranched alkanes of at least 4 members (excludes halogenated alkanes) is 1. The quantitative estimate of drug-likeness (QED) is 0.347. The molecule has 0 aliphatic rings. The molecule has 0 saturated carbocycles. The molecule has 0 aliphatic carbocycles. The van der Waals surface area contributed by atoms with Gasteiger partial charge in [0, 0.05) is 13.0 Å². The average molecular weight is 302 g/mol. The van der Waals surface area contributed by atoms with E-state index < -0.39 is 11.7 Å². The van der Waals surface area contributed by atoms with E-state index in [1.165, 1.54) is 12.1 Å². The molecule has 1 rings (SSSR count). The molecule has 21 heavy (non-hydrogen) atoms. The van der Waals surface area contributed by atoms with E-state index >= 15 is 0 Å². The summed E-state index contributed by atoms with van der Waals surface area (Å²) in [6.07, 6.45) is -2.24. The molecule has 0 fully saturated rings. The van der Waals surface area contributed by atoms with Gasteiger partial charge in [0.2, 0.25) is 0 Å². The highest BCUT2D eigenvalue weighted by molar-refractivity contribution is 6.00. The first kappa shape index (κ1) is 17.2. The summed E-state index contributed by atoms with van der Waals surface area (Å²) in [6, 6.07) is 4.67. The number of nitrogens with two attached hydrogens (primary N) is 1. The molecule has 0 amide bonds.